The van der Waals surface area contributed by atoms with E-state index in [9.17, 15) is 4.79 Å². The third kappa shape index (κ3) is 21.1. The molecule has 1 unspecified atom stereocenters. The van der Waals surface area contributed by atoms with Crippen LogP contribution in [0.15, 0.2) is 12.5 Å². The molecular formula is C23H45NO3. The molecule has 0 radical (unpaired) electrons. The Morgan fingerprint density at radius 2 is 1.22 bits per heavy atom. The number of esters is 1. The third-order valence-electron chi connectivity index (χ3n) is 4.72. The Morgan fingerprint density at radius 3 is 1.63 bits per heavy atom. The minimum absolute atomic E-state index is 0.0539. The Kier molecular flexibility index (Phi) is 19.0. The van der Waals surface area contributed by atoms with Crippen LogP contribution in [0.2, 0.25) is 0 Å². The van der Waals surface area contributed by atoms with Crippen LogP contribution in [0.5, 0.6) is 0 Å². The van der Waals surface area contributed by atoms with Gasteiger partial charge in [-0.15, -0.1) is 0 Å². The van der Waals surface area contributed by atoms with E-state index in [0.29, 0.717) is 13.0 Å². The summed E-state index contributed by atoms with van der Waals surface area (Å²) in [6.07, 6.45) is 20.2. The highest BCUT2D eigenvalue weighted by molar-refractivity contribution is 5.70. The molecule has 4 nitrogen and oxygen atoms in total. The van der Waals surface area contributed by atoms with Crippen molar-refractivity contribution in [3.63, 3.8) is 0 Å². The van der Waals surface area contributed by atoms with Crippen LogP contribution in [0.3, 0.4) is 0 Å². The Morgan fingerprint density at radius 1 is 0.815 bits per heavy atom. The van der Waals surface area contributed by atoms with Gasteiger partial charge in [-0.3, -0.25) is 4.79 Å². The summed E-state index contributed by atoms with van der Waals surface area (Å²) in [5.41, 5.74) is 5.56. The smallest absolute Gasteiger partial charge is 0.313 e. The molecule has 0 aromatic carbocycles. The molecule has 0 rings (SSSR count). The van der Waals surface area contributed by atoms with Gasteiger partial charge in [0.15, 0.2) is 0 Å². The summed E-state index contributed by atoms with van der Waals surface area (Å²) < 4.78 is 10.1. The van der Waals surface area contributed by atoms with E-state index >= 15 is 0 Å². The normalized spacial score (nSPS) is 12.0. The standard InChI is InChI=1S/C23H45NO3/c1-4-5-6-7-8-9-10-11-12-13-14-15-16-17-18-19-23(25)27-22(3)26-20-21(2)24/h21H,3-20,24H2,1-2H3. The van der Waals surface area contributed by atoms with E-state index in [4.69, 9.17) is 15.2 Å². The first-order valence-electron chi connectivity index (χ1n) is 11.3. The summed E-state index contributed by atoms with van der Waals surface area (Å²) in [6.45, 7) is 7.97. The topological polar surface area (TPSA) is 61.6 Å². The van der Waals surface area contributed by atoms with Gasteiger partial charge in [-0.25, -0.2) is 0 Å². The molecule has 0 bridgehead atoms. The van der Waals surface area contributed by atoms with Gasteiger partial charge in [-0.2, -0.15) is 0 Å². The average molecular weight is 384 g/mol. The Hall–Kier alpha value is -1.03. The first-order valence-corrected chi connectivity index (χ1v) is 11.3. The van der Waals surface area contributed by atoms with E-state index in [2.05, 4.69) is 13.5 Å². The summed E-state index contributed by atoms with van der Waals surface area (Å²) in [6, 6.07) is -0.101. The first-order chi connectivity index (χ1) is 13.1. The van der Waals surface area contributed by atoms with Crippen molar-refractivity contribution in [3.8, 4) is 0 Å². The van der Waals surface area contributed by atoms with Gasteiger partial charge >= 0.3 is 5.97 Å². The predicted molar refractivity (Wildman–Crippen MR) is 114 cm³/mol. The molecule has 0 heterocycles. The zero-order chi connectivity index (χ0) is 20.2. The molecule has 0 aromatic rings. The monoisotopic (exact) mass is 383 g/mol. The molecule has 2 N–H and O–H groups in total. The van der Waals surface area contributed by atoms with Crippen LogP contribution >= 0.6 is 0 Å². The number of carbonyl (C=O) groups is 1. The third-order valence-corrected chi connectivity index (χ3v) is 4.72. The summed E-state index contributed by atoms with van der Waals surface area (Å²) in [4.78, 5) is 11.6. The molecule has 27 heavy (non-hydrogen) atoms. The van der Waals surface area contributed by atoms with E-state index < -0.39 is 0 Å². The highest BCUT2D eigenvalue weighted by Gasteiger charge is 2.07. The van der Waals surface area contributed by atoms with Crippen LogP contribution in [-0.4, -0.2) is 18.6 Å². The minimum atomic E-state index is -0.264. The van der Waals surface area contributed by atoms with Crippen LogP contribution in [-0.2, 0) is 14.3 Å². The highest BCUT2D eigenvalue weighted by Crippen LogP contribution is 2.14. The summed E-state index contributed by atoms with van der Waals surface area (Å²) in [7, 11) is 0. The molecule has 0 aliphatic heterocycles. The maximum absolute atomic E-state index is 11.6. The van der Waals surface area contributed by atoms with Crippen molar-refractivity contribution in [2.45, 2.75) is 123 Å². The quantitative estimate of drug-likeness (QED) is 0.146. The molecule has 0 aromatic heterocycles. The second kappa shape index (κ2) is 19.7. The van der Waals surface area contributed by atoms with Gasteiger partial charge in [-0.05, 0) is 19.9 Å². The number of hydrogen-bond donors (Lipinski definition) is 1. The lowest BCUT2D eigenvalue weighted by Gasteiger charge is -2.10. The fourth-order valence-corrected chi connectivity index (χ4v) is 3.07. The maximum atomic E-state index is 11.6. The Balaban J connectivity index is 3.24. The van der Waals surface area contributed by atoms with Gasteiger partial charge in [0, 0.05) is 12.5 Å². The van der Waals surface area contributed by atoms with Crippen molar-refractivity contribution in [2.75, 3.05) is 6.61 Å². The van der Waals surface area contributed by atoms with Gasteiger partial charge in [0.25, 0.3) is 5.95 Å². The molecule has 0 fully saturated rings. The fraction of sp³-hybridized carbons (Fsp3) is 0.870. The van der Waals surface area contributed by atoms with Crippen molar-refractivity contribution in [1.29, 1.82) is 0 Å². The van der Waals surface area contributed by atoms with E-state index in [-0.39, 0.29) is 18.0 Å². The molecule has 4 heteroatoms. The molecule has 160 valence electrons. The SMILES string of the molecule is C=C(OCC(C)N)OC(=O)CCCCCCCCCCCCCCCCC. The van der Waals surface area contributed by atoms with Crippen molar-refractivity contribution in [3.05, 3.63) is 12.5 Å². The molecule has 0 aliphatic rings. The van der Waals surface area contributed by atoms with Crippen LogP contribution in [0.25, 0.3) is 0 Å². The molecule has 0 saturated carbocycles. The van der Waals surface area contributed by atoms with Gasteiger partial charge in [0.2, 0.25) is 0 Å². The second-order valence-corrected chi connectivity index (χ2v) is 7.83. The van der Waals surface area contributed by atoms with Crippen molar-refractivity contribution < 1.29 is 14.3 Å². The first kappa shape index (κ1) is 26.0. The van der Waals surface area contributed by atoms with Crippen LogP contribution in [0.1, 0.15) is 117 Å². The summed E-state index contributed by atoms with van der Waals surface area (Å²) in [5, 5.41) is 0. The fourth-order valence-electron chi connectivity index (χ4n) is 3.07. The molecule has 1 atom stereocenters. The molecular weight excluding hydrogens is 338 g/mol. The van der Waals surface area contributed by atoms with Crippen molar-refractivity contribution in [2.24, 2.45) is 5.73 Å². The number of nitrogens with two attached hydrogens (primary N) is 1. The lowest BCUT2D eigenvalue weighted by atomic mass is 10.0. The van der Waals surface area contributed by atoms with E-state index in [1.807, 2.05) is 6.92 Å². The van der Waals surface area contributed by atoms with E-state index in [1.54, 1.807) is 0 Å². The molecule has 0 saturated heterocycles. The molecule has 0 aliphatic carbocycles. The number of hydrogen-bond acceptors (Lipinski definition) is 4. The van der Waals surface area contributed by atoms with Gasteiger partial charge in [0.05, 0.1) is 0 Å². The van der Waals surface area contributed by atoms with E-state index in [1.165, 1.54) is 83.5 Å². The maximum Gasteiger partial charge on any atom is 0.313 e. The second-order valence-electron chi connectivity index (χ2n) is 7.83. The van der Waals surface area contributed by atoms with Crippen LogP contribution < -0.4 is 5.73 Å². The highest BCUT2D eigenvalue weighted by atomic mass is 16.7. The molecule has 0 amide bonds. The van der Waals surface area contributed by atoms with Crippen LogP contribution in [0.4, 0.5) is 0 Å². The van der Waals surface area contributed by atoms with Crippen LogP contribution in [0, 0.1) is 0 Å². The Labute approximate surface area is 168 Å². The summed E-state index contributed by atoms with van der Waals surface area (Å²) in [5.74, 6) is -0.211. The number of rotatable bonds is 20. The Bertz CT molecular complexity index is 356. The minimum Gasteiger partial charge on any atom is -0.464 e. The van der Waals surface area contributed by atoms with Gasteiger partial charge < -0.3 is 15.2 Å². The summed E-state index contributed by atoms with van der Waals surface area (Å²) >= 11 is 0. The number of carbonyl (C=O) groups excluding carboxylic acids is 1. The molecule has 0 spiro atoms. The predicted octanol–water partition coefficient (Wildman–Crippen LogP) is 6.63. The van der Waals surface area contributed by atoms with Gasteiger partial charge in [-0.1, -0.05) is 96.8 Å². The lowest BCUT2D eigenvalue weighted by molar-refractivity contribution is -0.145. The zero-order valence-electron chi connectivity index (χ0n) is 18.1. The van der Waals surface area contributed by atoms with Crippen molar-refractivity contribution in [1.82, 2.24) is 0 Å². The largest absolute Gasteiger partial charge is 0.464 e. The lowest BCUT2D eigenvalue weighted by Crippen LogP contribution is -2.22. The zero-order valence-corrected chi connectivity index (χ0v) is 18.1. The van der Waals surface area contributed by atoms with Gasteiger partial charge in [0.1, 0.15) is 6.61 Å². The van der Waals surface area contributed by atoms with E-state index in [0.717, 1.165) is 12.8 Å². The number of ether oxygens (including phenoxy) is 2. The number of unbranched alkanes of at least 4 members (excludes halogenated alkanes) is 14. The van der Waals surface area contributed by atoms with Crippen molar-refractivity contribution >= 4 is 5.97 Å². The average Bonchev–Trinajstić information content (AvgIpc) is 2.63.